The topological polar surface area (TPSA) is 126 Å². The first-order valence-corrected chi connectivity index (χ1v) is 11.8. The normalized spacial score (nSPS) is 22.3. The summed E-state index contributed by atoms with van der Waals surface area (Å²) in [6, 6.07) is 11.7. The van der Waals surface area contributed by atoms with Crippen LogP contribution in [0.5, 0.6) is 0 Å². The minimum Gasteiger partial charge on any atom is -0.394 e. The molecule has 0 bridgehead atoms. The van der Waals surface area contributed by atoms with Gasteiger partial charge in [0.1, 0.15) is 12.4 Å². The first kappa shape index (κ1) is 21.9. The molecule has 2 aromatic heterocycles. The highest BCUT2D eigenvalue weighted by Crippen LogP contribution is 2.33. The summed E-state index contributed by atoms with van der Waals surface area (Å²) >= 11 is 0. The quantitative estimate of drug-likeness (QED) is 0.403. The number of benzene rings is 2. The lowest BCUT2D eigenvalue weighted by atomic mass is 10.0. The van der Waals surface area contributed by atoms with Crippen molar-refractivity contribution in [2.24, 2.45) is 0 Å². The zero-order valence-corrected chi connectivity index (χ0v) is 19.0. The molecule has 35 heavy (non-hydrogen) atoms. The molecule has 0 radical (unpaired) electrons. The van der Waals surface area contributed by atoms with E-state index in [1.807, 2.05) is 41.3 Å². The van der Waals surface area contributed by atoms with Crippen molar-refractivity contribution in [2.75, 3.05) is 25.0 Å². The fourth-order valence-corrected chi connectivity index (χ4v) is 5.01. The molecule has 6 rings (SSSR count). The molecule has 180 valence electrons. The summed E-state index contributed by atoms with van der Waals surface area (Å²) < 4.78 is 7.43. The van der Waals surface area contributed by atoms with Crippen LogP contribution in [0.2, 0.25) is 0 Å². The van der Waals surface area contributed by atoms with Gasteiger partial charge in [0.15, 0.2) is 23.2 Å². The van der Waals surface area contributed by atoms with Crippen LogP contribution in [0.1, 0.15) is 35.8 Å². The van der Waals surface area contributed by atoms with Crippen molar-refractivity contribution in [2.45, 2.75) is 37.7 Å². The van der Waals surface area contributed by atoms with Crippen molar-refractivity contribution in [1.82, 2.24) is 24.4 Å². The molecule has 0 spiro atoms. The number of nitrogens with zero attached hydrogens (tertiary/aromatic N) is 5. The van der Waals surface area contributed by atoms with E-state index in [4.69, 9.17) is 4.74 Å². The number of amides is 1. The highest BCUT2D eigenvalue weighted by atomic mass is 16.5. The van der Waals surface area contributed by atoms with Gasteiger partial charge in [-0.3, -0.25) is 9.36 Å². The Hall–Kier alpha value is -3.60. The first-order valence-electron chi connectivity index (χ1n) is 11.8. The molecule has 2 aromatic carbocycles. The van der Waals surface area contributed by atoms with Crippen LogP contribution in [0.15, 0.2) is 49.1 Å². The van der Waals surface area contributed by atoms with E-state index in [9.17, 15) is 15.0 Å². The third-order valence-electron chi connectivity index (χ3n) is 6.75. The number of aliphatic hydroxyl groups excluding tert-OH is 2. The summed E-state index contributed by atoms with van der Waals surface area (Å²) in [5.41, 5.74) is 2.38. The van der Waals surface area contributed by atoms with E-state index >= 15 is 0 Å². The maximum Gasteiger partial charge on any atom is 0.254 e. The van der Waals surface area contributed by atoms with E-state index in [-0.39, 0.29) is 12.5 Å². The molecule has 10 nitrogen and oxygen atoms in total. The summed E-state index contributed by atoms with van der Waals surface area (Å²) in [4.78, 5) is 28.4. The SMILES string of the molecule is O=C(c1cc(Nc2ncnc3c2ncn3[C@@H]2O[C@H](CO)C[C@H]2O)cc2ccccc12)N1CCCC1. The van der Waals surface area contributed by atoms with E-state index < -0.39 is 18.4 Å². The maximum atomic E-state index is 13.3. The molecule has 0 unspecified atom stereocenters. The van der Waals surface area contributed by atoms with Gasteiger partial charge in [0.25, 0.3) is 5.91 Å². The van der Waals surface area contributed by atoms with Crippen molar-refractivity contribution < 1.29 is 19.7 Å². The Morgan fingerprint density at radius 3 is 2.77 bits per heavy atom. The van der Waals surface area contributed by atoms with Crippen LogP contribution < -0.4 is 5.32 Å². The predicted octanol–water partition coefficient (Wildman–Crippen LogP) is 2.60. The van der Waals surface area contributed by atoms with Crippen LogP contribution in [0.4, 0.5) is 11.5 Å². The zero-order valence-electron chi connectivity index (χ0n) is 19.0. The number of carbonyl (C=O) groups excluding carboxylic acids is 1. The minimum absolute atomic E-state index is 0.0327. The molecular formula is C25H26N6O4. The number of ether oxygens (including phenoxy) is 1. The Morgan fingerprint density at radius 1 is 1.14 bits per heavy atom. The second kappa shape index (κ2) is 8.88. The monoisotopic (exact) mass is 474 g/mol. The Balaban J connectivity index is 1.37. The predicted molar refractivity (Wildman–Crippen MR) is 129 cm³/mol. The van der Waals surface area contributed by atoms with Gasteiger partial charge in [-0.1, -0.05) is 24.3 Å². The van der Waals surface area contributed by atoms with Gasteiger partial charge in [-0.25, -0.2) is 15.0 Å². The van der Waals surface area contributed by atoms with Crippen LogP contribution in [-0.4, -0.2) is 72.4 Å². The molecular weight excluding hydrogens is 448 g/mol. The second-order valence-corrected chi connectivity index (χ2v) is 9.05. The van der Waals surface area contributed by atoms with Gasteiger partial charge in [-0.05, 0) is 35.7 Å². The Bertz CT molecular complexity index is 1400. The Labute approximate surface area is 201 Å². The standard InChI is InChI=1S/C25H26N6O4/c32-12-17-11-20(33)25(35-17)31-14-28-21-22(26-13-27-23(21)31)29-16-9-15-5-1-2-6-18(15)19(10-16)24(34)30-7-3-4-8-30/h1-2,5-6,9-10,13-14,17,20,25,32-33H,3-4,7-8,11-12H2,(H,26,27,29)/t17-,20+,25+/m0/s1. The number of nitrogens with one attached hydrogen (secondary N) is 1. The summed E-state index contributed by atoms with van der Waals surface area (Å²) in [5, 5.41) is 25.0. The lowest BCUT2D eigenvalue weighted by Crippen LogP contribution is -2.27. The van der Waals surface area contributed by atoms with Crippen LogP contribution in [0, 0.1) is 0 Å². The number of hydrogen-bond donors (Lipinski definition) is 3. The van der Waals surface area contributed by atoms with Gasteiger partial charge in [-0.2, -0.15) is 0 Å². The molecule has 2 fully saturated rings. The van der Waals surface area contributed by atoms with Crippen molar-refractivity contribution in [3.05, 3.63) is 54.6 Å². The van der Waals surface area contributed by atoms with Gasteiger partial charge >= 0.3 is 0 Å². The minimum atomic E-state index is -0.782. The van der Waals surface area contributed by atoms with Crippen LogP contribution in [0.3, 0.4) is 0 Å². The van der Waals surface area contributed by atoms with Crippen molar-refractivity contribution in [3.8, 4) is 0 Å². The molecule has 0 aliphatic carbocycles. The number of rotatable bonds is 5. The van der Waals surface area contributed by atoms with Gasteiger partial charge in [0.2, 0.25) is 0 Å². The number of anilines is 2. The van der Waals surface area contributed by atoms with E-state index in [2.05, 4.69) is 20.3 Å². The fourth-order valence-electron chi connectivity index (χ4n) is 5.01. The number of likely N-dealkylation sites (tertiary alicyclic amines) is 1. The molecule has 2 saturated heterocycles. The number of imidazole rings is 1. The van der Waals surface area contributed by atoms with Gasteiger partial charge in [-0.15, -0.1) is 0 Å². The van der Waals surface area contributed by atoms with Crippen molar-refractivity contribution >= 4 is 39.3 Å². The fraction of sp³-hybridized carbons (Fsp3) is 0.360. The highest BCUT2D eigenvalue weighted by molar-refractivity contribution is 6.08. The molecule has 10 heteroatoms. The lowest BCUT2D eigenvalue weighted by Gasteiger charge is -2.18. The van der Waals surface area contributed by atoms with E-state index in [0.29, 0.717) is 29.0 Å². The maximum absolute atomic E-state index is 13.3. The average Bonchev–Trinajstić information content (AvgIpc) is 3.63. The molecule has 4 heterocycles. The van der Waals surface area contributed by atoms with Gasteiger partial charge in [0.05, 0.1) is 19.0 Å². The van der Waals surface area contributed by atoms with E-state index in [1.165, 1.54) is 6.33 Å². The molecule has 0 saturated carbocycles. The number of aromatic nitrogens is 4. The zero-order chi connectivity index (χ0) is 23.9. The molecule has 3 N–H and O–H groups in total. The molecule has 1 amide bonds. The Kier molecular flexibility index (Phi) is 5.56. The largest absolute Gasteiger partial charge is 0.394 e. The molecule has 2 aliphatic rings. The summed E-state index contributed by atoms with van der Waals surface area (Å²) in [6.45, 7) is 1.39. The second-order valence-electron chi connectivity index (χ2n) is 9.05. The summed E-state index contributed by atoms with van der Waals surface area (Å²) in [6.07, 6.45) is 3.47. The first-order chi connectivity index (χ1) is 17.1. The van der Waals surface area contributed by atoms with Crippen molar-refractivity contribution in [1.29, 1.82) is 0 Å². The van der Waals surface area contributed by atoms with E-state index in [0.717, 1.165) is 42.4 Å². The van der Waals surface area contributed by atoms with Gasteiger partial charge < -0.3 is 25.2 Å². The van der Waals surface area contributed by atoms with Gasteiger partial charge in [0, 0.05) is 30.8 Å². The average molecular weight is 475 g/mol. The Morgan fingerprint density at radius 2 is 1.97 bits per heavy atom. The molecule has 4 aromatic rings. The smallest absolute Gasteiger partial charge is 0.254 e. The number of aliphatic hydroxyl groups is 2. The van der Waals surface area contributed by atoms with Crippen molar-refractivity contribution in [3.63, 3.8) is 0 Å². The number of fused-ring (bicyclic) bond motifs is 2. The van der Waals surface area contributed by atoms with Crippen LogP contribution in [-0.2, 0) is 4.74 Å². The molecule has 2 aliphatic heterocycles. The highest BCUT2D eigenvalue weighted by Gasteiger charge is 2.36. The van der Waals surface area contributed by atoms with E-state index in [1.54, 1.807) is 10.9 Å². The molecule has 3 atom stereocenters. The third kappa shape index (κ3) is 3.89. The van der Waals surface area contributed by atoms with Crippen LogP contribution >= 0.6 is 0 Å². The number of hydrogen-bond acceptors (Lipinski definition) is 8. The summed E-state index contributed by atoms with van der Waals surface area (Å²) in [5.74, 6) is 0.514. The lowest BCUT2D eigenvalue weighted by molar-refractivity contribution is -0.0486. The van der Waals surface area contributed by atoms with Crippen LogP contribution in [0.25, 0.3) is 21.9 Å². The number of carbonyl (C=O) groups is 1. The summed E-state index contributed by atoms with van der Waals surface area (Å²) in [7, 11) is 0. The third-order valence-corrected chi connectivity index (χ3v) is 6.75.